The van der Waals surface area contributed by atoms with Gasteiger partial charge in [-0.3, -0.25) is 0 Å². The highest BCUT2D eigenvalue weighted by Gasteiger charge is 2.36. The van der Waals surface area contributed by atoms with Gasteiger partial charge in [0.25, 0.3) is 0 Å². The van der Waals surface area contributed by atoms with Crippen LogP contribution in [0.2, 0.25) is 10.0 Å². The van der Waals surface area contributed by atoms with E-state index in [9.17, 15) is 13.2 Å². The molecule has 1 aliphatic heterocycles. The fourth-order valence-electron chi connectivity index (χ4n) is 3.52. The SMILES string of the molecule is FC(F)(F)c1cnc(N[C@H]2CCCCNC2)nc1-c1c[nH]c2c(Cl)c(Cl)ccc12. The molecular weight excluding hydrogens is 426 g/mol. The molecule has 154 valence electrons. The summed E-state index contributed by atoms with van der Waals surface area (Å²) in [6.45, 7) is 1.64. The Labute approximate surface area is 175 Å². The summed E-state index contributed by atoms with van der Waals surface area (Å²) in [5.41, 5.74) is -0.367. The molecule has 5 nitrogen and oxygen atoms in total. The summed E-state index contributed by atoms with van der Waals surface area (Å²) in [6, 6.07) is 3.23. The first-order valence-corrected chi connectivity index (χ1v) is 9.97. The number of H-pyrrole nitrogens is 1. The summed E-state index contributed by atoms with van der Waals surface area (Å²) in [4.78, 5) is 11.1. The number of hydrogen-bond acceptors (Lipinski definition) is 4. The molecule has 2 aromatic heterocycles. The molecule has 3 aromatic rings. The van der Waals surface area contributed by atoms with Crippen LogP contribution in [-0.2, 0) is 6.18 Å². The highest BCUT2D eigenvalue weighted by atomic mass is 35.5. The number of fused-ring (bicyclic) bond motifs is 1. The first-order valence-electron chi connectivity index (χ1n) is 9.21. The highest BCUT2D eigenvalue weighted by Crippen LogP contribution is 2.41. The minimum absolute atomic E-state index is 0.0540. The Balaban J connectivity index is 1.79. The van der Waals surface area contributed by atoms with Crippen LogP contribution >= 0.6 is 23.2 Å². The summed E-state index contributed by atoms with van der Waals surface area (Å²) in [5.74, 6) is 0.163. The molecule has 0 radical (unpaired) electrons. The maximum atomic E-state index is 13.7. The number of benzene rings is 1. The highest BCUT2D eigenvalue weighted by molar-refractivity contribution is 6.45. The van der Waals surface area contributed by atoms with Crippen LogP contribution in [0, 0.1) is 0 Å². The van der Waals surface area contributed by atoms with Crippen molar-refractivity contribution in [2.24, 2.45) is 0 Å². The fourth-order valence-corrected chi connectivity index (χ4v) is 3.90. The van der Waals surface area contributed by atoms with Gasteiger partial charge in [-0.1, -0.05) is 35.7 Å². The van der Waals surface area contributed by atoms with Crippen LogP contribution in [-0.4, -0.2) is 34.1 Å². The van der Waals surface area contributed by atoms with Gasteiger partial charge in [-0.2, -0.15) is 13.2 Å². The molecule has 1 atom stereocenters. The Kier molecular flexibility index (Phi) is 5.59. The summed E-state index contributed by atoms with van der Waals surface area (Å²) in [5, 5.41) is 7.53. The van der Waals surface area contributed by atoms with E-state index in [1.165, 1.54) is 6.20 Å². The molecule has 0 spiro atoms. The number of aromatic amines is 1. The quantitative estimate of drug-likeness (QED) is 0.499. The summed E-state index contributed by atoms with van der Waals surface area (Å²) in [7, 11) is 0. The van der Waals surface area contributed by atoms with Crippen molar-refractivity contribution in [1.82, 2.24) is 20.3 Å². The van der Waals surface area contributed by atoms with E-state index in [-0.39, 0.29) is 28.3 Å². The van der Waals surface area contributed by atoms with Crippen LogP contribution in [0.15, 0.2) is 24.5 Å². The normalized spacial score (nSPS) is 18.0. The first-order chi connectivity index (χ1) is 13.8. The van der Waals surface area contributed by atoms with E-state index in [0.717, 1.165) is 32.0 Å². The van der Waals surface area contributed by atoms with Crippen molar-refractivity contribution in [1.29, 1.82) is 0 Å². The maximum Gasteiger partial charge on any atom is 0.419 e. The Morgan fingerprint density at radius 1 is 1.17 bits per heavy atom. The molecule has 1 saturated heterocycles. The topological polar surface area (TPSA) is 65.6 Å². The van der Waals surface area contributed by atoms with E-state index in [0.29, 0.717) is 22.5 Å². The van der Waals surface area contributed by atoms with Crippen LogP contribution in [0.4, 0.5) is 19.1 Å². The zero-order valence-corrected chi connectivity index (χ0v) is 16.7. The molecular formula is C19H18Cl2F3N5. The lowest BCUT2D eigenvalue weighted by molar-refractivity contribution is -0.137. The minimum atomic E-state index is -4.60. The third-order valence-electron chi connectivity index (χ3n) is 4.98. The van der Waals surface area contributed by atoms with Gasteiger partial charge in [-0.05, 0) is 25.5 Å². The molecule has 10 heteroatoms. The van der Waals surface area contributed by atoms with E-state index in [2.05, 4.69) is 25.6 Å². The van der Waals surface area contributed by atoms with E-state index in [1.807, 2.05) is 0 Å². The molecule has 3 heterocycles. The Bertz CT molecular complexity index is 1030. The summed E-state index contributed by atoms with van der Waals surface area (Å²) in [6.07, 6.45) is 0.674. The molecule has 3 N–H and O–H groups in total. The minimum Gasteiger partial charge on any atom is -0.359 e. The van der Waals surface area contributed by atoms with Crippen molar-refractivity contribution in [3.05, 3.63) is 40.1 Å². The maximum absolute atomic E-state index is 13.7. The van der Waals surface area contributed by atoms with Crippen LogP contribution in [0.25, 0.3) is 22.2 Å². The molecule has 0 saturated carbocycles. The monoisotopic (exact) mass is 443 g/mol. The first kappa shape index (κ1) is 20.3. The summed E-state index contributed by atoms with van der Waals surface area (Å²) < 4.78 is 41.0. The van der Waals surface area contributed by atoms with Gasteiger partial charge in [0, 0.05) is 35.9 Å². The predicted molar refractivity (Wildman–Crippen MR) is 108 cm³/mol. The zero-order chi connectivity index (χ0) is 20.6. The van der Waals surface area contributed by atoms with Crippen molar-refractivity contribution >= 4 is 40.1 Å². The third-order valence-corrected chi connectivity index (χ3v) is 5.78. The largest absolute Gasteiger partial charge is 0.419 e. The second kappa shape index (κ2) is 8.01. The lowest BCUT2D eigenvalue weighted by atomic mass is 10.1. The van der Waals surface area contributed by atoms with E-state index < -0.39 is 11.7 Å². The van der Waals surface area contributed by atoms with E-state index in [1.54, 1.807) is 12.1 Å². The van der Waals surface area contributed by atoms with Crippen molar-refractivity contribution < 1.29 is 13.2 Å². The predicted octanol–water partition coefficient (Wildman–Crippen LogP) is 5.50. The molecule has 1 aliphatic rings. The van der Waals surface area contributed by atoms with Gasteiger partial charge in [-0.25, -0.2) is 9.97 Å². The third kappa shape index (κ3) is 4.15. The molecule has 1 aromatic carbocycles. The molecule has 29 heavy (non-hydrogen) atoms. The molecule has 0 bridgehead atoms. The molecule has 1 fully saturated rings. The summed E-state index contributed by atoms with van der Waals surface area (Å²) >= 11 is 12.2. The molecule has 0 amide bonds. The number of rotatable bonds is 3. The van der Waals surface area contributed by atoms with Gasteiger partial charge in [0.15, 0.2) is 0 Å². The average molecular weight is 444 g/mol. The Morgan fingerprint density at radius 3 is 2.79 bits per heavy atom. The number of alkyl halides is 3. The van der Waals surface area contributed by atoms with Crippen molar-refractivity contribution in [3.8, 4) is 11.3 Å². The lowest BCUT2D eigenvalue weighted by Gasteiger charge is -2.18. The average Bonchev–Trinajstić information content (AvgIpc) is 2.94. The molecule has 4 rings (SSSR count). The number of hydrogen-bond donors (Lipinski definition) is 3. The van der Waals surface area contributed by atoms with Crippen molar-refractivity contribution in [2.75, 3.05) is 18.4 Å². The Morgan fingerprint density at radius 2 is 2.00 bits per heavy atom. The van der Waals surface area contributed by atoms with Crippen LogP contribution in [0.1, 0.15) is 24.8 Å². The van der Waals surface area contributed by atoms with Crippen molar-refractivity contribution in [3.63, 3.8) is 0 Å². The second-order valence-corrected chi connectivity index (χ2v) is 7.77. The van der Waals surface area contributed by atoms with Gasteiger partial charge in [0.05, 0.1) is 21.3 Å². The van der Waals surface area contributed by atoms with E-state index >= 15 is 0 Å². The smallest absolute Gasteiger partial charge is 0.359 e. The van der Waals surface area contributed by atoms with Crippen LogP contribution in [0.3, 0.4) is 0 Å². The van der Waals surface area contributed by atoms with Gasteiger partial charge >= 0.3 is 6.18 Å². The lowest BCUT2D eigenvalue weighted by Crippen LogP contribution is -2.31. The number of anilines is 1. The molecule has 0 aliphatic carbocycles. The number of halogens is 5. The molecule has 0 unspecified atom stereocenters. The standard InChI is InChI=1S/C19H18Cl2F3N5/c20-14-5-4-11-12(8-26-17(11)15(14)21)16-13(19(22,23)24)9-27-18(29-16)28-10-3-1-2-6-25-7-10/h4-5,8-10,25-26H,1-3,6-7H2,(H,27,28,29)/t10-/m0/s1. The fraction of sp³-hybridized carbons (Fsp3) is 0.368. The zero-order valence-electron chi connectivity index (χ0n) is 15.2. The van der Waals surface area contributed by atoms with E-state index in [4.69, 9.17) is 23.2 Å². The number of nitrogens with one attached hydrogen (secondary N) is 3. The second-order valence-electron chi connectivity index (χ2n) is 6.98. The Hall–Kier alpha value is -2.03. The van der Waals surface area contributed by atoms with Crippen LogP contribution in [0.5, 0.6) is 0 Å². The van der Waals surface area contributed by atoms with Crippen LogP contribution < -0.4 is 10.6 Å². The van der Waals surface area contributed by atoms with Crippen molar-refractivity contribution in [2.45, 2.75) is 31.5 Å². The van der Waals surface area contributed by atoms with Gasteiger partial charge in [0.2, 0.25) is 5.95 Å². The van der Waals surface area contributed by atoms with Gasteiger partial charge in [0.1, 0.15) is 5.56 Å². The number of aromatic nitrogens is 3. The van der Waals surface area contributed by atoms with Gasteiger partial charge < -0.3 is 15.6 Å². The van der Waals surface area contributed by atoms with Gasteiger partial charge in [-0.15, -0.1) is 0 Å². The number of nitrogens with zero attached hydrogens (tertiary/aromatic N) is 2.